The normalized spacial score (nSPS) is 12.0. The monoisotopic (exact) mass is 439 g/mol. The molecule has 0 radical (unpaired) electrons. The third-order valence-electron chi connectivity index (χ3n) is 3.63. The highest BCUT2D eigenvalue weighted by molar-refractivity contribution is 9.10. The summed E-state index contributed by atoms with van der Waals surface area (Å²) in [6, 6.07) is 6.79. The van der Waals surface area contributed by atoms with Crippen LogP contribution < -0.4 is 0 Å². The molecular weight excluding hydrogens is 422 g/mol. The predicted molar refractivity (Wildman–Crippen MR) is 105 cm³/mol. The fourth-order valence-electron chi connectivity index (χ4n) is 2.29. The highest BCUT2D eigenvalue weighted by Crippen LogP contribution is 2.27. The van der Waals surface area contributed by atoms with Gasteiger partial charge < -0.3 is 4.74 Å². The summed E-state index contributed by atoms with van der Waals surface area (Å²) >= 11 is 9.36. The Kier molecular flexibility index (Phi) is 5.52. The van der Waals surface area contributed by atoms with Gasteiger partial charge in [-0.15, -0.1) is 0 Å². The number of nitrogens with zero attached hydrogens (tertiary/aromatic N) is 5. The van der Waals surface area contributed by atoms with Crippen molar-refractivity contribution in [3.05, 3.63) is 34.3 Å². The van der Waals surface area contributed by atoms with Crippen LogP contribution in [0.5, 0.6) is 0 Å². The Labute approximate surface area is 160 Å². The first-order valence-corrected chi connectivity index (χ1v) is 12.8. The zero-order valence-corrected chi connectivity index (χ0v) is 17.7. The van der Waals surface area contributed by atoms with Crippen LogP contribution in [0.25, 0.3) is 22.4 Å². The van der Waals surface area contributed by atoms with Gasteiger partial charge in [-0.05, 0) is 45.7 Å². The van der Waals surface area contributed by atoms with Crippen LogP contribution in [0.1, 0.15) is 0 Å². The number of halogens is 2. The molecule has 0 saturated heterocycles. The summed E-state index contributed by atoms with van der Waals surface area (Å²) in [7, 11) is -1.13. The van der Waals surface area contributed by atoms with E-state index >= 15 is 0 Å². The molecule has 0 spiro atoms. The molecule has 3 heterocycles. The first-order valence-electron chi connectivity index (χ1n) is 7.93. The van der Waals surface area contributed by atoms with E-state index in [1.807, 2.05) is 18.2 Å². The lowest BCUT2D eigenvalue weighted by Crippen LogP contribution is -2.22. The fourth-order valence-corrected chi connectivity index (χ4v) is 3.52. The highest BCUT2D eigenvalue weighted by Gasteiger charge is 2.17. The van der Waals surface area contributed by atoms with Gasteiger partial charge in [-0.2, -0.15) is 10.1 Å². The van der Waals surface area contributed by atoms with Crippen molar-refractivity contribution in [1.29, 1.82) is 0 Å². The molecule has 0 saturated carbocycles. The van der Waals surface area contributed by atoms with Crippen molar-refractivity contribution in [2.24, 2.45) is 0 Å². The molecule has 3 aromatic rings. The smallest absolute Gasteiger partial charge is 0.224 e. The van der Waals surface area contributed by atoms with Gasteiger partial charge >= 0.3 is 0 Å². The molecule has 9 heteroatoms. The molecule has 3 rings (SSSR count). The van der Waals surface area contributed by atoms with E-state index in [9.17, 15) is 0 Å². The molecule has 0 fully saturated rings. The summed E-state index contributed by atoms with van der Waals surface area (Å²) in [4.78, 5) is 12.9. The van der Waals surface area contributed by atoms with E-state index < -0.39 is 8.07 Å². The molecule has 0 bridgehead atoms. The fraction of sp³-hybridized carbons (Fsp3) is 0.375. The summed E-state index contributed by atoms with van der Waals surface area (Å²) in [5.74, 6) is 0. The first-order chi connectivity index (χ1) is 11.8. The number of pyridine rings is 1. The molecule has 0 aromatic carbocycles. The van der Waals surface area contributed by atoms with Crippen LogP contribution in [0, 0.1) is 0 Å². The maximum absolute atomic E-state index is 5.97. The molecule has 3 aromatic heterocycles. The van der Waals surface area contributed by atoms with E-state index in [1.165, 1.54) is 0 Å². The van der Waals surface area contributed by atoms with Crippen molar-refractivity contribution in [1.82, 2.24) is 24.7 Å². The molecule has 0 aliphatic carbocycles. The van der Waals surface area contributed by atoms with Gasteiger partial charge in [0.2, 0.25) is 5.28 Å². The predicted octanol–water partition coefficient (Wildman–Crippen LogP) is 4.62. The van der Waals surface area contributed by atoms with E-state index in [4.69, 9.17) is 16.3 Å². The van der Waals surface area contributed by atoms with E-state index in [-0.39, 0.29) is 5.28 Å². The number of ether oxygens (including phenoxy) is 1. The van der Waals surface area contributed by atoms with Crippen LogP contribution in [0.2, 0.25) is 31.0 Å². The van der Waals surface area contributed by atoms with Crippen LogP contribution in [-0.2, 0) is 11.5 Å². The number of hydrogen-bond acceptors (Lipinski definition) is 5. The van der Waals surface area contributed by atoms with Crippen molar-refractivity contribution in [2.45, 2.75) is 32.4 Å². The summed E-state index contributed by atoms with van der Waals surface area (Å²) in [6.07, 6.45) is 1.67. The molecule has 0 unspecified atom stereocenters. The van der Waals surface area contributed by atoms with E-state index in [0.29, 0.717) is 24.7 Å². The SMILES string of the molecule is C[Si](C)(C)CCOCn1nc(-c2cccc(Br)n2)c2cnc(Cl)nc21. The van der Waals surface area contributed by atoms with Gasteiger partial charge in [-0.3, -0.25) is 0 Å². The second-order valence-corrected chi connectivity index (χ2v) is 13.7. The standard InChI is InChI=1S/C16H19BrClN5OSi/c1-25(2,3)8-7-24-10-23-15-11(9-19-16(18)21-15)14(22-23)12-5-4-6-13(17)20-12/h4-6,9H,7-8,10H2,1-3H3. The lowest BCUT2D eigenvalue weighted by molar-refractivity contribution is 0.0814. The van der Waals surface area contributed by atoms with E-state index in [0.717, 1.165) is 21.7 Å². The quantitative estimate of drug-likeness (QED) is 0.242. The van der Waals surface area contributed by atoms with Crippen LogP contribution in [0.3, 0.4) is 0 Å². The minimum absolute atomic E-state index is 0.185. The minimum atomic E-state index is -1.13. The maximum Gasteiger partial charge on any atom is 0.224 e. The number of aromatic nitrogens is 5. The molecule has 0 atom stereocenters. The van der Waals surface area contributed by atoms with Crippen molar-refractivity contribution in [3.63, 3.8) is 0 Å². The Morgan fingerprint density at radius 2 is 2.04 bits per heavy atom. The lowest BCUT2D eigenvalue weighted by atomic mass is 10.2. The van der Waals surface area contributed by atoms with Gasteiger partial charge in [0.1, 0.15) is 17.0 Å². The Bertz CT molecular complexity index is 896. The van der Waals surface area contributed by atoms with Gasteiger partial charge in [0, 0.05) is 20.9 Å². The minimum Gasteiger partial charge on any atom is -0.359 e. The summed E-state index contributed by atoms with van der Waals surface area (Å²) in [6.45, 7) is 8.00. The molecule has 0 amide bonds. The van der Waals surface area contributed by atoms with Gasteiger partial charge in [-0.25, -0.2) is 14.6 Å². The Morgan fingerprint density at radius 3 is 2.76 bits per heavy atom. The number of hydrogen-bond donors (Lipinski definition) is 0. The molecule has 0 aliphatic rings. The zero-order chi connectivity index (χ0) is 18.0. The van der Waals surface area contributed by atoms with E-state index in [2.05, 4.69) is 55.6 Å². The molecule has 0 aliphatic heterocycles. The summed E-state index contributed by atoms with van der Waals surface area (Å²) < 4.78 is 8.28. The van der Waals surface area contributed by atoms with Crippen LogP contribution in [0.4, 0.5) is 0 Å². The maximum atomic E-state index is 5.97. The lowest BCUT2D eigenvalue weighted by Gasteiger charge is -2.15. The summed E-state index contributed by atoms with van der Waals surface area (Å²) in [5.41, 5.74) is 2.10. The van der Waals surface area contributed by atoms with Gasteiger partial charge in [0.25, 0.3) is 0 Å². The zero-order valence-electron chi connectivity index (χ0n) is 14.3. The third kappa shape index (κ3) is 4.63. The third-order valence-corrected chi connectivity index (χ3v) is 5.96. The van der Waals surface area contributed by atoms with Gasteiger partial charge in [0.15, 0.2) is 5.65 Å². The Morgan fingerprint density at radius 1 is 1.24 bits per heavy atom. The molecule has 0 N–H and O–H groups in total. The van der Waals surface area contributed by atoms with Crippen molar-refractivity contribution in [3.8, 4) is 11.4 Å². The van der Waals surface area contributed by atoms with Gasteiger partial charge in [-0.1, -0.05) is 25.7 Å². The Balaban J connectivity index is 1.92. The Hall–Kier alpha value is -1.35. The van der Waals surface area contributed by atoms with Crippen molar-refractivity contribution in [2.75, 3.05) is 6.61 Å². The number of fused-ring (bicyclic) bond motifs is 1. The topological polar surface area (TPSA) is 65.7 Å². The summed E-state index contributed by atoms with van der Waals surface area (Å²) in [5, 5.41) is 5.61. The van der Waals surface area contributed by atoms with Crippen LogP contribution >= 0.6 is 27.5 Å². The molecule has 25 heavy (non-hydrogen) atoms. The van der Waals surface area contributed by atoms with E-state index in [1.54, 1.807) is 10.9 Å². The van der Waals surface area contributed by atoms with Crippen LogP contribution in [0.15, 0.2) is 29.0 Å². The second-order valence-electron chi connectivity index (χ2n) is 6.92. The number of rotatable bonds is 6. The van der Waals surface area contributed by atoms with Crippen molar-refractivity contribution >= 4 is 46.6 Å². The van der Waals surface area contributed by atoms with Gasteiger partial charge in [0.05, 0.1) is 11.1 Å². The highest BCUT2D eigenvalue weighted by atomic mass is 79.9. The van der Waals surface area contributed by atoms with Crippen LogP contribution in [-0.4, -0.2) is 39.4 Å². The molecule has 6 nitrogen and oxygen atoms in total. The average Bonchev–Trinajstić information content (AvgIpc) is 2.89. The second kappa shape index (κ2) is 7.49. The molecule has 132 valence electrons. The molecular formula is C16H19BrClN5OSi. The largest absolute Gasteiger partial charge is 0.359 e. The van der Waals surface area contributed by atoms with Crippen molar-refractivity contribution < 1.29 is 4.74 Å². The average molecular weight is 441 g/mol. The first kappa shape index (κ1) is 18.4.